The van der Waals surface area contributed by atoms with Gasteiger partial charge in [-0.05, 0) is 0 Å². The Labute approximate surface area is 182 Å². The first-order valence-electron chi connectivity index (χ1n) is 0.667. The van der Waals surface area contributed by atoms with Crippen LogP contribution in [0.15, 0.2) is 0 Å². The van der Waals surface area contributed by atoms with Crippen LogP contribution in [-0.2, 0) is 10.4 Å². The van der Waals surface area contributed by atoms with Gasteiger partial charge in [-0.3, -0.25) is 8.42 Å². The fourth-order valence-electron chi connectivity index (χ4n) is 0. The van der Waals surface area contributed by atoms with Crippen molar-refractivity contribution in [3.63, 3.8) is 0 Å². The molecular formula is H8O8Pb5S. The van der Waals surface area contributed by atoms with E-state index >= 15 is 0 Å². The summed E-state index contributed by atoms with van der Waals surface area (Å²) >= 11 is 0. The molecule has 0 saturated carbocycles. The van der Waals surface area contributed by atoms with E-state index < -0.39 is 10.4 Å². The van der Waals surface area contributed by atoms with E-state index in [-0.39, 0.29) is 158 Å². The summed E-state index contributed by atoms with van der Waals surface area (Å²) in [4.78, 5) is 0. The zero-order valence-corrected chi connectivity index (χ0v) is 26.8. The van der Waals surface area contributed by atoms with Crippen molar-refractivity contribution >= 4 is 147 Å². The largest absolute Gasteiger partial charge is 2.00 e. The summed E-state index contributed by atoms with van der Waals surface area (Å²) < 4.78 is 34.1. The molecule has 82 valence electrons. The third-order valence-corrected chi connectivity index (χ3v) is 0. The molecule has 0 heterocycles. The zero-order chi connectivity index (χ0) is 4.50. The van der Waals surface area contributed by atoms with Crippen LogP contribution in [0.1, 0.15) is 0 Å². The molecule has 0 aliphatic carbocycles. The van der Waals surface area contributed by atoms with E-state index in [1.807, 2.05) is 0 Å². The molecule has 0 atom stereocenters. The summed E-state index contributed by atoms with van der Waals surface area (Å²) in [5.74, 6) is 0. The van der Waals surface area contributed by atoms with Gasteiger partial charge in [0.25, 0.3) is 0 Å². The molecule has 0 aromatic rings. The van der Waals surface area contributed by atoms with Gasteiger partial charge in [-0.2, -0.15) is 0 Å². The molecule has 0 aliphatic rings. The van der Waals surface area contributed by atoms with Gasteiger partial charge >= 0.3 is 27.3 Å². The van der Waals surface area contributed by atoms with E-state index in [0.29, 0.717) is 0 Å². The molecule has 0 fully saturated rings. The van der Waals surface area contributed by atoms with E-state index in [0.717, 1.165) is 0 Å². The molecule has 14 heavy (non-hydrogen) atoms. The van der Waals surface area contributed by atoms with Gasteiger partial charge in [0.15, 0.2) is 0 Å². The maximum Gasteiger partial charge on any atom is 2.00 e. The quantitative estimate of drug-likeness (QED) is 0.132. The zero-order valence-electron chi connectivity index (χ0n) is 6.54. The van der Waals surface area contributed by atoms with E-state index in [9.17, 15) is 0 Å². The first-order chi connectivity index (χ1) is 2.00. The fourth-order valence-corrected chi connectivity index (χ4v) is 0. The summed E-state index contributed by atoms with van der Waals surface area (Å²) in [7, 11) is -5.17. The molecule has 0 saturated heterocycles. The van der Waals surface area contributed by atoms with Crippen LogP contribution < -0.4 is 0 Å². The van der Waals surface area contributed by atoms with Crippen LogP contribution in [0, 0.1) is 0 Å². The second-order valence-corrected chi connectivity index (χ2v) is 1.22. The molecule has 0 aromatic heterocycles. The Morgan fingerprint density at radius 2 is 0.643 bits per heavy atom. The molecule has 0 aromatic carbocycles. The molecule has 0 bridgehead atoms. The molecule has 0 aliphatic heterocycles. The Hall–Kier alpha value is 4.32. The molecule has 0 unspecified atom stereocenters. The fraction of sp³-hybridized carbons (Fsp3) is 0. The average molecular weight is 1200 g/mol. The van der Waals surface area contributed by atoms with Crippen molar-refractivity contribution in [1.29, 1.82) is 0 Å². The molecular weight excluding hydrogens is 1200 g/mol. The van der Waals surface area contributed by atoms with Crippen molar-refractivity contribution in [2.24, 2.45) is 0 Å². The van der Waals surface area contributed by atoms with Gasteiger partial charge in [-0.15, -0.1) is 0 Å². The molecule has 0 spiro atoms. The van der Waals surface area contributed by atoms with Crippen LogP contribution in [0.4, 0.5) is 0 Å². The minimum absolute atomic E-state index is 0. The summed E-state index contributed by atoms with van der Waals surface area (Å²) in [6.45, 7) is 0. The summed E-state index contributed by atoms with van der Waals surface area (Å²) in [5, 5.41) is 0. The predicted molar refractivity (Wildman–Crippen MR) is 53.7 cm³/mol. The van der Waals surface area contributed by atoms with Crippen LogP contribution in [0.25, 0.3) is 0 Å². The van der Waals surface area contributed by atoms with Crippen molar-refractivity contribution in [2.45, 2.75) is 0 Å². The minimum atomic E-state index is -5.17. The van der Waals surface area contributed by atoms with Crippen LogP contribution >= 0.6 is 0 Å². The predicted octanol–water partition coefficient (Wildman–Crippen LogP) is -6.54. The van der Waals surface area contributed by atoms with Gasteiger partial charge in [0.1, 0.15) is 0 Å². The number of hydrogen-bond acceptors (Lipinski definition) is 4. The van der Waals surface area contributed by atoms with Crippen LogP contribution in [0.2, 0.25) is 0 Å². The molecule has 0 amide bonds. The summed E-state index contributed by atoms with van der Waals surface area (Å²) in [6.07, 6.45) is 0. The first kappa shape index (κ1) is 79.4. The molecule has 8 nitrogen and oxygen atoms in total. The van der Waals surface area contributed by atoms with E-state index in [4.69, 9.17) is 17.5 Å². The average Bonchev–Trinajstić information content (AvgIpc) is 0.722. The van der Waals surface area contributed by atoms with Gasteiger partial charge in [-0.25, -0.2) is 0 Å². The molecule has 0 rings (SSSR count). The van der Waals surface area contributed by atoms with E-state index in [2.05, 4.69) is 0 Å². The second kappa shape index (κ2) is 43.3. The third kappa shape index (κ3) is 205. The molecule has 14 heteroatoms. The standard InChI is InChI=1S/H2O4S.4H2O.5Pb/c1-5(2,3)4;;;;;;;;;/h(H2,1,2,3,4);4*1H2;;;;;/q;;;;;;;;;+2/p-2. The molecule has 8 N–H and O–H groups in total. The smallest absolute Gasteiger partial charge is 0.759 e. The first-order valence-corrected chi connectivity index (χ1v) is 2.00. The summed E-state index contributed by atoms with van der Waals surface area (Å²) in [6, 6.07) is 0. The van der Waals surface area contributed by atoms with Crippen molar-refractivity contribution in [3.8, 4) is 0 Å². The monoisotopic (exact) mass is 1210 g/mol. The number of rotatable bonds is 0. The number of hydrogen-bond donors (Lipinski definition) is 0. The van der Waals surface area contributed by atoms with Gasteiger partial charge in [0, 0.05) is 120 Å². The van der Waals surface area contributed by atoms with E-state index in [1.54, 1.807) is 0 Å². The van der Waals surface area contributed by atoms with Crippen LogP contribution in [0.5, 0.6) is 0 Å². The van der Waals surface area contributed by atoms with Crippen LogP contribution in [0.3, 0.4) is 0 Å². The second-order valence-electron chi connectivity index (χ2n) is 0.408. The van der Waals surface area contributed by atoms with Crippen molar-refractivity contribution in [1.82, 2.24) is 0 Å². The van der Waals surface area contributed by atoms with Gasteiger partial charge in [-0.1, -0.05) is 0 Å². The van der Waals surface area contributed by atoms with Crippen molar-refractivity contribution in [2.75, 3.05) is 0 Å². The third-order valence-electron chi connectivity index (χ3n) is 0. The Kier molecular flexibility index (Phi) is 246. The minimum Gasteiger partial charge on any atom is -0.759 e. The Balaban J connectivity index is -0.00000000222. The Bertz CT molecular complexity index is 101. The van der Waals surface area contributed by atoms with Crippen molar-refractivity contribution in [3.05, 3.63) is 0 Å². The maximum absolute atomic E-state index is 8.52. The maximum atomic E-state index is 8.52. The Morgan fingerprint density at radius 1 is 0.643 bits per heavy atom. The SMILES string of the molecule is O.O.O.O.O=S(=O)([O-])[O-].[Pb+2].[Pb].[Pb].[Pb].[Pb]. The molecule has 18 radical (unpaired) electrons. The Morgan fingerprint density at radius 3 is 0.643 bits per heavy atom. The van der Waals surface area contributed by atoms with E-state index in [1.165, 1.54) is 0 Å². The van der Waals surface area contributed by atoms with Crippen LogP contribution in [-0.4, -0.2) is 176 Å². The van der Waals surface area contributed by atoms with Crippen molar-refractivity contribution < 1.29 is 39.4 Å². The van der Waals surface area contributed by atoms with Gasteiger partial charge in [0.2, 0.25) is 0 Å². The van der Waals surface area contributed by atoms with Gasteiger partial charge in [0.05, 0.1) is 0 Å². The van der Waals surface area contributed by atoms with Gasteiger partial charge < -0.3 is 31.0 Å². The summed E-state index contributed by atoms with van der Waals surface area (Å²) in [5.41, 5.74) is 0. The normalized spacial score (nSPS) is 4.14. The topological polar surface area (TPSA) is 206 Å².